The minimum atomic E-state index is 0.267. The number of hydrogen-bond donors (Lipinski definition) is 1. The van der Waals surface area contributed by atoms with Crippen LogP contribution in [0.25, 0.3) is 0 Å². The monoisotopic (exact) mass is 249 g/mol. The number of nitrogens with two attached hydrogens (primary N) is 1. The fraction of sp³-hybridized carbons (Fsp3) is 0.333. The summed E-state index contributed by atoms with van der Waals surface area (Å²) in [4.78, 5) is 0. The van der Waals surface area contributed by atoms with Crippen LogP contribution in [0.15, 0.2) is 48.5 Å². The second-order valence-corrected chi connectivity index (χ2v) is 5.96. The highest BCUT2D eigenvalue weighted by atomic mass is 14.6. The molecule has 0 heterocycles. The van der Waals surface area contributed by atoms with Crippen molar-refractivity contribution in [2.24, 2.45) is 5.73 Å². The maximum atomic E-state index is 6.18. The summed E-state index contributed by atoms with van der Waals surface area (Å²) in [7, 11) is 0. The molecule has 1 unspecified atom stereocenters. The SMILES string of the molecule is NC1CCc2ccc([C@@H]3C[C@H]3c3ccccc3)cc21. The predicted octanol–water partition coefficient (Wildman–Crippen LogP) is 3.90. The minimum absolute atomic E-state index is 0.267. The minimum Gasteiger partial charge on any atom is -0.324 e. The van der Waals surface area contributed by atoms with E-state index < -0.39 is 0 Å². The van der Waals surface area contributed by atoms with Crippen molar-refractivity contribution >= 4 is 0 Å². The van der Waals surface area contributed by atoms with Gasteiger partial charge in [-0.25, -0.2) is 0 Å². The van der Waals surface area contributed by atoms with Crippen molar-refractivity contribution in [2.75, 3.05) is 0 Å². The standard InChI is InChI=1S/C18H19N/c19-18-9-8-13-6-7-14(10-17(13)18)16-11-15(16)12-4-2-1-3-5-12/h1-7,10,15-16,18H,8-9,11,19H2/t15-,16-,18?/m0/s1. The summed E-state index contributed by atoms with van der Waals surface area (Å²) in [5.74, 6) is 1.43. The summed E-state index contributed by atoms with van der Waals surface area (Å²) in [6.07, 6.45) is 3.56. The largest absolute Gasteiger partial charge is 0.324 e. The van der Waals surface area contributed by atoms with E-state index in [1.165, 1.54) is 28.7 Å². The number of hydrogen-bond acceptors (Lipinski definition) is 1. The van der Waals surface area contributed by atoms with Gasteiger partial charge < -0.3 is 5.73 Å². The summed E-state index contributed by atoms with van der Waals surface area (Å²) < 4.78 is 0. The van der Waals surface area contributed by atoms with Crippen LogP contribution in [0.5, 0.6) is 0 Å². The Morgan fingerprint density at radius 2 is 1.68 bits per heavy atom. The van der Waals surface area contributed by atoms with Crippen LogP contribution in [0.3, 0.4) is 0 Å². The zero-order chi connectivity index (χ0) is 12.8. The zero-order valence-corrected chi connectivity index (χ0v) is 11.0. The first-order valence-electron chi connectivity index (χ1n) is 7.26. The first-order valence-corrected chi connectivity index (χ1v) is 7.26. The summed E-state index contributed by atoms with van der Waals surface area (Å²) in [5, 5.41) is 0. The van der Waals surface area contributed by atoms with Gasteiger partial charge in [0.15, 0.2) is 0 Å². The van der Waals surface area contributed by atoms with Crippen LogP contribution in [-0.2, 0) is 6.42 Å². The van der Waals surface area contributed by atoms with Gasteiger partial charge in [-0.1, -0.05) is 48.5 Å². The molecular formula is C18H19N. The molecule has 19 heavy (non-hydrogen) atoms. The molecule has 0 aliphatic heterocycles. The highest BCUT2D eigenvalue weighted by Gasteiger charge is 2.39. The number of benzene rings is 2. The maximum absolute atomic E-state index is 6.18. The second-order valence-electron chi connectivity index (χ2n) is 5.96. The number of fused-ring (bicyclic) bond motifs is 1. The third-order valence-electron chi connectivity index (χ3n) is 4.74. The van der Waals surface area contributed by atoms with Gasteiger partial charge in [-0.05, 0) is 53.4 Å². The van der Waals surface area contributed by atoms with E-state index in [2.05, 4.69) is 48.5 Å². The Bertz CT molecular complexity index is 602. The molecule has 2 aromatic rings. The summed E-state index contributed by atoms with van der Waals surface area (Å²) >= 11 is 0. The fourth-order valence-corrected chi connectivity index (χ4v) is 3.52. The summed E-state index contributed by atoms with van der Waals surface area (Å²) in [6, 6.07) is 18.2. The Hall–Kier alpha value is -1.60. The van der Waals surface area contributed by atoms with Crippen molar-refractivity contribution in [1.29, 1.82) is 0 Å². The van der Waals surface area contributed by atoms with Crippen LogP contribution >= 0.6 is 0 Å². The normalized spacial score (nSPS) is 28.2. The Kier molecular flexibility index (Phi) is 2.49. The topological polar surface area (TPSA) is 26.0 Å². The molecule has 0 aromatic heterocycles. The van der Waals surface area contributed by atoms with Crippen LogP contribution in [0.1, 0.15) is 53.0 Å². The molecule has 0 saturated heterocycles. The highest BCUT2D eigenvalue weighted by Crippen LogP contribution is 2.55. The van der Waals surface area contributed by atoms with Crippen molar-refractivity contribution in [3.05, 3.63) is 70.8 Å². The van der Waals surface area contributed by atoms with Gasteiger partial charge in [-0.3, -0.25) is 0 Å². The number of rotatable bonds is 2. The van der Waals surface area contributed by atoms with E-state index in [4.69, 9.17) is 5.73 Å². The molecule has 2 aromatic carbocycles. The van der Waals surface area contributed by atoms with E-state index in [1.807, 2.05) is 0 Å². The molecule has 0 bridgehead atoms. The van der Waals surface area contributed by atoms with Gasteiger partial charge in [0.25, 0.3) is 0 Å². The molecule has 1 saturated carbocycles. The van der Waals surface area contributed by atoms with E-state index in [0.29, 0.717) is 5.92 Å². The molecule has 1 nitrogen and oxygen atoms in total. The predicted molar refractivity (Wildman–Crippen MR) is 78.2 cm³/mol. The Balaban J connectivity index is 1.61. The molecule has 0 spiro atoms. The van der Waals surface area contributed by atoms with Gasteiger partial charge in [0.2, 0.25) is 0 Å². The molecule has 2 N–H and O–H groups in total. The molecule has 1 fully saturated rings. The lowest BCUT2D eigenvalue weighted by Crippen LogP contribution is -2.05. The fourth-order valence-electron chi connectivity index (χ4n) is 3.52. The van der Waals surface area contributed by atoms with Crippen molar-refractivity contribution in [1.82, 2.24) is 0 Å². The van der Waals surface area contributed by atoms with Gasteiger partial charge >= 0.3 is 0 Å². The zero-order valence-electron chi connectivity index (χ0n) is 11.0. The molecular weight excluding hydrogens is 230 g/mol. The van der Waals surface area contributed by atoms with Crippen LogP contribution in [0.2, 0.25) is 0 Å². The third kappa shape index (κ3) is 1.89. The van der Waals surface area contributed by atoms with Crippen molar-refractivity contribution in [2.45, 2.75) is 37.1 Å². The van der Waals surface area contributed by atoms with Gasteiger partial charge in [0.05, 0.1) is 0 Å². The molecule has 3 atom stereocenters. The third-order valence-corrected chi connectivity index (χ3v) is 4.74. The van der Waals surface area contributed by atoms with E-state index >= 15 is 0 Å². The first kappa shape index (κ1) is 11.2. The maximum Gasteiger partial charge on any atom is 0.0300 e. The lowest BCUT2D eigenvalue weighted by atomic mass is 9.99. The Morgan fingerprint density at radius 1 is 0.895 bits per heavy atom. The average molecular weight is 249 g/mol. The lowest BCUT2D eigenvalue weighted by Gasteiger charge is -2.08. The molecule has 2 aliphatic rings. The van der Waals surface area contributed by atoms with Crippen molar-refractivity contribution < 1.29 is 0 Å². The van der Waals surface area contributed by atoms with Crippen molar-refractivity contribution in [3.63, 3.8) is 0 Å². The van der Waals surface area contributed by atoms with Crippen LogP contribution in [0.4, 0.5) is 0 Å². The molecule has 4 rings (SSSR count). The Morgan fingerprint density at radius 3 is 2.53 bits per heavy atom. The molecule has 2 aliphatic carbocycles. The lowest BCUT2D eigenvalue weighted by molar-refractivity contribution is 0.712. The van der Waals surface area contributed by atoms with Gasteiger partial charge in [0, 0.05) is 6.04 Å². The van der Waals surface area contributed by atoms with Crippen LogP contribution in [-0.4, -0.2) is 0 Å². The second kappa shape index (κ2) is 4.21. The van der Waals surface area contributed by atoms with Crippen molar-refractivity contribution in [3.8, 4) is 0 Å². The van der Waals surface area contributed by atoms with Crippen LogP contribution < -0.4 is 5.73 Å². The highest BCUT2D eigenvalue weighted by molar-refractivity contribution is 5.43. The average Bonchev–Trinajstić information content (AvgIpc) is 3.19. The Labute approximate surface area is 114 Å². The molecule has 0 amide bonds. The van der Waals surface area contributed by atoms with Gasteiger partial charge in [-0.2, -0.15) is 0 Å². The van der Waals surface area contributed by atoms with E-state index in [-0.39, 0.29) is 6.04 Å². The van der Waals surface area contributed by atoms with Crippen LogP contribution in [0, 0.1) is 0 Å². The van der Waals surface area contributed by atoms with E-state index in [1.54, 1.807) is 0 Å². The molecule has 0 radical (unpaired) electrons. The van der Waals surface area contributed by atoms with Gasteiger partial charge in [0.1, 0.15) is 0 Å². The van der Waals surface area contributed by atoms with E-state index in [0.717, 1.165) is 18.8 Å². The summed E-state index contributed by atoms with van der Waals surface area (Å²) in [5.41, 5.74) is 12.0. The van der Waals surface area contributed by atoms with E-state index in [9.17, 15) is 0 Å². The number of aryl methyl sites for hydroxylation is 1. The van der Waals surface area contributed by atoms with Gasteiger partial charge in [-0.15, -0.1) is 0 Å². The molecule has 96 valence electrons. The molecule has 1 heteroatoms. The quantitative estimate of drug-likeness (QED) is 0.858. The summed E-state index contributed by atoms with van der Waals surface area (Å²) in [6.45, 7) is 0. The smallest absolute Gasteiger partial charge is 0.0300 e. The first-order chi connectivity index (χ1) is 9.33.